The van der Waals surface area contributed by atoms with Gasteiger partial charge in [-0.15, -0.1) is 0 Å². The van der Waals surface area contributed by atoms with Gasteiger partial charge in [0.15, 0.2) is 0 Å². The van der Waals surface area contributed by atoms with Crippen LogP contribution in [0, 0.1) is 36.0 Å². The number of rotatable bonds is 8. The fourth-order valence-corrected chi connectivity index (χ4v) is 11.1. The molecule has 7 heteroatoms. The van der Waals surface area contributed by atoms with Crippen LogP contribution >= 0.6 is 0 Å². The zero-order valence-corrected chi connectivity index (χ0v) is 28.1. The molecule has 0 radical (unpaired) electrons. The Hall–Kier alpha value is -3.19. The Balaban J connectivity index is 1.12. The van der Waals surface area contributed by atoms with Crippen LogP contribution in [-0.4, -0.2) is 62.8 Å². The summed E-state index contributed by atoms with van der Waals surface area (Å²) in [7, 11) is 2.13. The van der Waals surface area contributed by atoms with Crippen molar-refractivity contribution in [3.05, 3.63) is 65.6 Å². The molecule has 3 heterocycles. The van der Waals surface area contributed by atoms with Crippen LogP contribution in [0.3, 0.4) is 0 Å². The normalized spacial score (nSPS) is 32.4. The molecule has 1 aromatic carbocycles. The Morgan fingerprint density at radius 3 is 2.33 bits per heavy atom. The summed E-state index contributed by atoms with van der Waals surface area (Å²) in [5.74, 6) is 2.94. The largest absolute Gasteiger partial charge is 0.358 e. The maximum atomic E-state index is 15.0. The highest BCUT2D eigenvalue weighted by Gasteiger charge is 2.61. The van der Waals surface area contributed by atoms with Crippen molar-refractivity contribution in [3.8, 4) is 0 Å². The number of amides is 2. The van der Waals surface area contributed by atoms with E-state index in [0.717, 1.165) is 61.2 Å². The summed E-state index contributed by atoms with van der Waals surface area (Å²) in [5.41, 5.74) is 3.72. The van der Waals surface area contributed by atoms with Crippen LogP contribution in [0.15, 0.2) is 48.8 Å². The number of nitrogens with zero attached hydrogens (tertiary/aromatic N) is 3. The lowest BCUT2D eigenvalue weighted by Gasteiger charge is -2.58. The van der Waals surface area contributed by atoms with E-state index in [-0.39, 0.29) is 28.7 Å². The highest BCUT2D eigenvalue weighted by molar-refractivity contribution is 5.93. The molecule has 2 atom stereocenters. The second-order valence-electron chi connectivity index (χ2n) is 16.6. The molecule has 244 valence electrons. The third-order valence-corrected chi connectivity index (χ3v) is 13.2. The van der Waals surface area contributed by atoms with Gasteiger partial charge in [-0.3, -0.25) is 14.6 Å². The van der Waals surface area contributed by atoms with Crippen LogP contribution in [-0.2, 0) is 16.1 Å². The predicted octanol–water partition coefficient (Wildman–Crippen LogP) is 6.58. The van der Waals surface area contributed by atoms with Crippen molar-refractivity contribution in [3.63, 3.8) is 0 Å². The number of carbonyl (C=O) groups is 2. The smallest absolute Gasteiger partial charge is 0.246 e. The molecule has 4 bridgehead atoms. The summed E-state index contributed by atoms with van der Waals surface area (Å²) in [5, 5.41) is 5.01. The molecule has 6 fully saturated rings. The van der Waals surface area contributed by atoms with E-state index in [4.69, 9.17) is 0 Å². The first-order valence-corrected chi connectivity index (χ1v) is 17.8. The fraction of sp³-hybridized carbons (Fsp3) is 0.615. The fourth-order valence-electron chi connectivity index (χ4n) is 11.1. The predicted molar refractivity (Wildman–Crippen MR) is 181 cm³/mol. The van der Waals surface area contributed by atoms with Crippen LogP contribution in [0.25, 0.3) is 10.9 Å². The summed E-state index contributed by atoms with van der Waals surface area (Å²) in [6.45, 7) is 8.81. The first-order chi connectivity index (χ1) is 22.1. The quantitative estimate of drug-likeness (QED) is 0.298. The Bertz CT molecular complexity index is 1600. The van der Waals surface area contributed by atoms with E-state index < -0.39 is 5.54 Å². The van der Waals surface area contributed by atoms with Gasteiger partial charge in [0.2, 0.25) is 11.8 Å². The van der Waals surface area contributed by atoms with Crippen LogP contribution in [0.5, 0.6) is 0 Å². The molecule has 0 unspecified atom stereocenters. The maximum Gasteiger partial charge on any atom is 0.246 e. The standard InChI is InChI=1S/C39H51N5O2/c1-25-34(30-9-5-6-10-32(30)41-25)35-31(37(35,2)3)19-33(45)44(24-26-8-7-13-40-23-26)39(11-14-43(4)15-12-39)36(46)42-38-20-27-16-28(21-38)18-29(17-27)22-38/h5-10,13,23,27-29,31,35,41H,11-12,14-22,24H2,1-4H3,(H,42,46)/t27?,28?,29?,31-,35+,38?/m0/s1. The van der Waals surface area contributed by atoms with E-state index in [1.807, 2.05) is 23.2 Å². The van der Waals surface area contributed by atoms with Crippen LogP contribution in [0.2, 0.25) is 0 Å². The molecule has 2 aromatic heterocycles. The van der Waals surface area contributed by atoms with Gasteiger partial charge in [0.05, 0.1) is 0 Å². The average Bonchev–Trinajstić information content (AvgIpc) is 3.36. The molecular formula is C39H51N5O2. The highest BCUT2D eigenvalue weighted by atomic mass is 16.2. The number of fused-ring (bicyclic) bond motifs is 1. The third kappa shape index (κ3) is 4.99. The van der Waals surface area contributed by atoms with E-state index in [9.17, 15) is 9.59 Å². The van der Waals surface area contributed by atoms with E-state index in [1.165, 1.54) is 35.9 Å². The molecule has 9 rings (SSSR count). The molecule has 5 saturated carbocycles. The summed E-state index contributed by atoms with van der Waals surface area (Å²) in [6.07, 6.45) is 12.7. The molecule has 1 saturated heterocycles. The summed E-state index contributed by atoms with van der Waals surface area (Å²) < 4.78 is 0. The number of piperidine rings is 1. The van der Waals surface area contributed by atoms with Gasteiger partial charge in [-0.2, -0.15) is 0 Å². The minimum atomic E-state index is -0.867. The second-order valence-corrected chi connectivity index (χ2v) is 16.6. The Labute approximate surface area is 273 Å². The number of para-hydroxylation sites is 1. The number of nitrogens with one attached hydrogen (secondary N) is 2. The number of benzene rings is 1. The molecule has 2 amide bonds. The third-order valence-electron chi connectivity index (χ3n) is 13.2. The molecular weight excluding hydrogens is 570 g/mol. The molecule has 0 spiro atoms. The highest BCUT2D eigenvalue weighted by Crippen LogP contribution is 2.67. The molecule has 2 N–H and O–H groups in total. The second kappa shape index (κ2) is 10.9. The lowest BCUT2D eigenvalue weighted by Crippen LogP contribution is -2.69. The Morgan fingerprint density at radius 1 is 1.00 bits per heavy atom. The molecule has 6 aliphatic rings. The first kappa shape index (κ1) is 30.2. The number of aromatic nitrogens is 2. The Morgan fingerprint density at radius 2 is 1.67 bits per heavy atom. The number of aryl methyl sites for hydroxylation is 1. The van der Waals surface area contributed by atoms with Gasteiger partial charge in [-0.05, 0) is 124 Å². The summed E-state index contributed by atoms with van der Waals surface area (Å²) >= 11 is 0. The van der Waals surface area contributed by atoms with Crippen molar-refractivity contribution in [2.75, 3.05) is 20.1 Å². The van der Waals surface area contributed by atoms with Crippen molar-refractivity contribution in [1.82, 2.24) is 25.1 Å². The van der Waals surface area contributed by atoms with Gasteiger partial charge in [-0.25, -0.2) is 0 Å². The minimum Gasteiger partial charge on any atom is -0.358 e. The topological polar surface area (TPSA) is 81.3 Å². The van der Waals surface area contributed by atoms with Crippen molar-refractivity contribution in [2.45, 2.75) is 102 Å². The van der Waals surface area contributed by atoms with Crippen molar-refractivity contribution < 1.29 is 9.59 Å². The van der Waals surface area contributed by atoms with Crippen molar-refractivity contribution in [2.24, 2.45) is 29.1 Å². The van der Waals surface area contributed by atoms with Crippen molar-refractivity contribution in [1.29, 1.82) is 0 Å². The average molecular weight is 622 g/mol. The van der Waals surface area contributed by atoms with Crippen LogP contribution in [0.1, 0.15) is 94.4 Å². The number of H-pyrrole nitrogens is 1. The zero-order valence-electron chi connectivity index (χ0n) is 28.1. The number of hydrogen-bond donors (Lipinski definition) is 2. The van der Waals surface area contributed by atoms with Gasteiger partial charge in [0.1, 0.15) is 5.54 Å². The number of likely N-dealkylation sites (tertiary alicyclic amines) is 1. The van der Waals surface area contributed by atoms with E-state index in [1.54, 1.807) is 6.20 Å². The van der Waals surface area contributed by atoms with E-state index >= 15 is 0 Å². The van der Waals surface area contributed by atoms with Crippen LogP contribution in [0.4, 0.5) is 0 Å². The summed E-state index contributed by atoms with van der Waals surface area (Å²) in [4.78, 5) is 42.2. The monoisotopic (exact) mass is 621 g/mol. The van der Waals surface area contributed by atoms with E-state index in [0.29, 0.717) is 31.7 Å². The van der Waals surface area contributed by atoms with Crippen molar-refractivity contribution >= 4 is 22.7 Å². The number of hydrogen-bond acceptors (Lipinski definition) is 4. The SMILES string of the molecule is Cc1[nH]c2ccccc2c1[C@H]1[C@H](CC(=O)N(Cc2cccnc2)C2(C(=O)NC34CC5CC(CC(C5)C3)C4)CCN(C)CC2)C1(C)C. The molecule has 3 aromatic rings. The van der Waals surface area contributed by atoms with Gasteiger partial charge in [0.25, 0.3) is 0 Å². The van der Waals surface area contributed by atoms with Crippen LogP contribution < -0.4 is 5.32 Å². The first-order valence-electron chi connectivity index (χ1n) is 17.8. The lowest BCUT2D eigenvalue weighted by molar-refractivity contribution is -0.155. The number of pyridine rings is 1. The minimum absolute atomic E-state index is 0.00718. The molecule has 5 aliphatic carbocycles. The maximum absolute atomic E-state index is 15.0. The molecule has 46 heavy (non-hydrogen) atoms. The molecule has 1 aliphatic heterocycles. The van der Waals surface area contributed by atoms with Gasteiger partial charge >= 0.3 is 0 Å². The number of carbonyl (C=O) groups excluding carboxylic acids is 2. The zero-order chi connectivity index (χ0) is 31.8. The van der Waals surface area contributed by atoms with Gasteiger partial charge in [0, 0.05) is 60.6 Å². The molecule has 7 nitrogen and oxygen atoms in total. The van der Waals surface area contributed by atoms with Gasteiger partial charge in [-0.1, -0.05) is 38.1 Å². The van der Waals surface area contributed by atoms with E-state index in [2.05, 4.69) is 72.3 Å². The van der Waals surface area contributed by atoms with Gasteiger partial charge < -0.3 is 20.1 Å². The lowest BCUT2D eigenvalue weighted by atomic mass is 9.53. The number of aromatic amines is 1. The summed E-state index contributed by atoms with van der Waals surface area (Å²) in [6, 6.07) is 12.5. The Kier molecular flexibility index (Phi) is 7.17.